The molecule has 5 heteroatoms. The first-order valence-electron chi connectivity index (χ1n) is 0.655. The Bertz CT molecular complexity index is 11.6. The molecule has 0 aromatic heterocycles. The molecule has 0 N–H and O–H groups in total. The molecule has 0 nitrogen and oxygen atoms in total. The first kappa shape index (κ1) is 9.86. The minimum atomic E-state index is -1.72. The molecule has 0 aromatic carbocycles. The molecule has 0 rings (SSSR count). The van der Waals surface area contributed by atoms with Gasteiger partial charge < -0.3 is 0 Å². The second kappa shape index (κ2) is 5.71. The largest absolute Gasteiger partial charge is 0.326 e. The maximum Gasteiger partial charge on any atom is 0.326 e. The minimum absolute atomic E-state index is 0. The predicted octanol–water partition coefficient (Wildman–Crippen LogP) is 1.42. The Morgan fingerprint density at radius 3 is 1.00 bits per heavy atom. The summed E-state index contributed by atoms with van der Waals surface area (Å²) in [6, 6.07) is 0. The van der Waals surface area contributed by atoms with E-state index in [0.29, 0.717) is 0 Å². The summed E-state index contributed by atoms with van der Waals surface area (Å²) in [6.45, 7) is -1.72. The van der Waals surface area contributed by atoms with Crippen LogP contribution >= 0.6 is 33.2 Å². The molecule has 0 spiro atoms. The molecule has 0 heterocycles. The van der Waals surface area contributed by atoms with Crippen molar-refractivity contribution in [3.63, 3.8) is 0 Å². The van der Waals surface area contributed by atoms with Gasteiger partial charge in [-0.25, -0.2) is 0 Å². The van der Waals surface area contributed by atoms with Gasteiger partial charge in [0, 0.05) is 19.5 Å². The number of hydrogen-bond donors (Lipinski definition) is 0. The van der Waals surface area contributed by atoms with E-state index in [-0.39, 0.29) is 19.5 Å². The molecule has 0 radical (unpaired) electrons. The van der Waals surface area contributed by atoms with Gasteiger partial charge in [0.2, 0.25) is 0 Å². The third kappa shape index (κ3) is 26.9. The quantitative estimate of drug-likeness (QED) is 0.410. The molecule has 0 atom stereocenters. The van der Waals surface area contributed by atoms with Crippen LogP contribution in [0, 0.1) is 0 Å². The maximum absolute atomic E-state index is 4.94. The summed E-state index contributed by atoms with van der Waals surface area (Å²) < 4.78 is 0. The van der Waals surface area contributed by atoms with Crippen LogP contribution in [0.4, 0.5) is 0 Å². The summed E-state index contributed by atoms with van der Waals surface area (Å²) in [7, 11) is 0. The van der Waals surface area contributed by atoms with E-state index in [1.54, 1.807) is 0 Å². The summed E-state index contributed by atoms with van der Waals surface area (Å²) >= 11 is 14.8. The zero-order valence-corrected chi connectivity index (χ0v) is 8.81. The van der Waals surface area contributed by atoms with Crippen molar-refractivity contribution in [2.24, 2.45) is 0 Å². The third-order valence-electron chi connectivity index (χ3n) is 0. The minimum Gasteiger partial charge on any atom is -0.130 e. The molecule has 5 heavy (non-hydrogen) atoms. The standard InChI is InChI=1S/Cl3HSi.Zn/c1-4(2)3;/h4H;. The van der Waals surface area contributed by atoms with Gasteiger partial charge in [-0.3, -0.25) is 0 Å². The Kier molecular flexibility index (Phi) is 11.3. The van der Waals surface area contributed by atoms with E-state index in [1.807, 2.05) is 0 Å². The molecule has 0 aliphatic carbocycles. The second-order valence-electron chi connectivity index (χ2n) is 0.247. The average Bonchev–Trinajstić information content (AvgIpc) is 0.811. The van der Waals surface area contributed by atoms with Gasteiger partial charge in [-0.1, -0.05) is 0 Å². The first-order chi connectivity index (χ1) is 1.73. The molecule has 28 valence electrons. The van der Waals surface area contributed by atoms with Gasteiger partial charge in [0.1, 0.15) is 0 Å². The fourth-order valence-electron chi connectivity index (χ4n) is 0. The van der Waals surface area contributed by atoms with Crippen molar-refractivity contribution < 1.29 is 19.5 Å². The van der Waals surface area contributed by atoms with E-state index >= 15 is 0 Å². The SMILES string of the molecule is Cl[SiH](Cl)Cl.[Zn]. The van der Waals surface area contributed by atoms with Gasteiger partial charge in [-0.15, -0.1) is 33.2 Å². The molecule has 0 saturated heterocycles. The van der Waals surface area contributed by atoms with Crippen LogP contribution in [0.3, 0.4) is 0 Å². The summed E-state index contributed by atoms with van der Waals surface area (Å²) in [5.74, 6) is 0. The zero-order valence-electron chi connectivity index (χ0n) is 2.42. The second-order valence-corrected chi connectivity index (χ2v) is 6.68. The van der Waals surface area contributed by atoms with Crippen molar-refractivity contribution in [2.45, 2.75) is 0 Å². The Labute approximate surface area is 59.3 Å². The third-order valence-corrected chi connectivity index (χ3v) is 0. The van der Waals surface area contributed by atoms with Crippen molar-refractivity contribution in [3.8, 4) is 0 Å². The smallest absolute Gasteiger partial charge is 0.130 e. The normalized spacial score (nSPS) is 7.20. The van der Waals surface area contributed by atoms with Crippen molar-refractivity contribution >= 4 is 40.0 Å². The molecule has 0 saturated carbocycles. The Morgan fingerprint density at radius 1 is 1.00 bits per heavy atom. The van der Waals surface area contributed by atoms with E-state index in [2.05, 4.69) is 0 Å². The van der Waals surface area contributed by atoms with E-state index in [9.17, 15) is 0 Å². The zero-order chi connectivity index (χ0) is 3.58. The van der Waals surface area contributed by atoms with Gasteiger partial charge in [0.15, 0.2) is 0 Å². The van der Waals surface area contributed by atoms with Crippen LogP contribution < -0.4 is 0 Å². The molecule has 0 bridgehead atoms. The first-order valence-corrected chi connectivity index (χ1v) is 5.89. The van der Waals surface area contributed by atoms with Crippen molar-refractivity contribution in [2.75, 3.05) is 0 Å². The molecule has 0 fully saturated rings. The number of rotatable bonds is 0. The van der Waals surface area contributed by atoms with Crippen LogP contribution in [0.15, 0.2) is 0 Å². The van der Waals surface area contributed by atoms with Crippen molar-refractivity contribution in [1.29, 1.82) is 0 Å². The van der Waals surface area contributed by atoms with Crippen LogP contribution in [0.1, 0.15) is 0 Å². The Morgan fingerprint density at radius 2 is 1.00 bits per heavy atom. The molecule has 0 aromatic rings. The topological polar surface area (TPSA) is 0 Å². The van der Waals surface area contributed by atoms with E-state index in [1.165, 1.54) is 0 Å². The number of halogens is 3. The van der Waals surface area contributed by atoms with Gasteiger partial charge in [0.05, 0.1) is 0 Å². The van der Waals surface area contributed by atoms with E-state index in [0.717, 1.165) is 0 Å². The number of hydrogen-bond acceptors (Lipinski definition) is 0. The Balaban J connectivity index is 0. The molecule has 0 aliphatic heterocycles. The summed E-state index contributed by atoms with van der Waals surface area (Å²) in [6.07, 6.45) is 0. The predicted molar refractivity (Wildman–Crippen MR) is 24.7 cm³/mol. The monoisotopic (exact) mass is 198 g/mol. The van der Waals surface area contributed by atoms with Gasteiger partial charge in [-0.2, -0.15) is 0 Å². The summed E-state index contributed by atoms with van der Waals surface area (Å²) in [5.41, 5.74) is 0. The Hall–Kier alpha value is 1.71. The van der Waals surface area contributed by atoms with Gasteiger partial charge in [-0.05, 0) is 0 Å². The summed E-state index contributed by atoms with van der Waals surface area (Å²) in [4.78, 5) is 0. The van der Waals surface area contributed by atoms with Crippen LogP contribution in [0.5, 0.6) is 0 Å². The van der Waals surface area contributed by atoms with Crippen LogP contribution in [-0.2, 0) is 19.5 Å². The van der Waals surface area contributed by atoms with E-state index in [4.69, 9.17) is 33.2 Å². The van der Waals surface area contributed by atoms with Crippen molar-refractivity contribution in [3.05, 3.63) is 0 Å². The molecule has 0 aliphatic rings. The maximum atomic E-state index is 4.94. The van der Waals surface area contributed by atoms with Crippen LogP contribution in [0.25, 0.3) is 0 Å². The molecular weight excluding hydrogens is 200 g/mol. The van der Waals surface area contributed by atoms with Gasteiger partial charge >= 0.3 is 6.73 Å². The fourth-order valence-corrected chi connectivity index (χ4v) is 0. The molecular formula is HCl3SiZn. The molecule has 0 unspecified atom stereocenters. The van der Waals surface area contributed by atoms with Crippen LogP contribution in [-0.4, -0.2) is 6.73 Å². The van der Waals surface area contributed by atoms with Crippen LogP contribution in [0.2, 0.25) is 0 Å². The van der Waals surface area contributed by atoms with Gasteiger partial charge in [0.25, 0.3) is 0 Å². The summed E-state index contributed by atoms with van der Waals surface area (Å²) in [5, 5.41) is 0. The average molecular weight is 201 g/mol. The van der Waals surface area contributed by atoms with Crippen molar-refractivity contribution in [1.82, 2.24) is 0 Å². The van der Waals surface area contributed by atoms with E-state index < -0.39 is 6.73 Å². The fraction of sp³-hybridized carbons (Fsp3) is 0. The molecule has 0 amide bonds.